The van der Waals surface area contributed by atoms with Crippen LogP contribution in [0, 0.1) is 5.92 Å². The molecule has 0 spiro atoms. The molecule has 1 heterocycles. The second-order valence-corrected chi connectivity index (χ2v) is 6.85. The normalized spacial score (nSPS) is 15.2. The summed E-state index contributed by atoms with van der Waals surface area (Å²) >= 11 is 0. The lowest BCUT2D eigenvalue weighted by atomic mass is 10.1. The van der Waals surface area contributed by atoms with Crippen LogP contribution in [-0.4, -0.2) is 15.5 Å². The van der Waals surface area contributed by atoms with Crippen molar-refractivity contribution in [2.45, 2.75) is 38.8 Å². The minimum Gasteiger partial charge on any atom is -0.346 e. The van der Waals surface area contributed by atoms with Crippen molar-refractivity contribution in [3.63, 3.8) is 0 Å². The van der Waals surface area contributed by atoms with Crippen LogP contribution in [0.15, 0.2) is 54.6 Å². The molecule has 1 atom stereocenters. The molecule has 0 saturated heterocycles. The fourth-order valence-electron chi connectivity index (χ4n) is 3.29. The predicted octanol–water partition coefficient (Wildman–Crippen LogP) is 3.87. The summed E-state index contributed by atoms with van der Waals surface area (Å²) < 4.78 is 2.25. The van der Waals surface area contributed by atoms with Gasteiger partial charge in [-0.15, -0.1) is 0 Å². The number of hydrogen-bond acceptors (Lipinski definition) is 2. The lowest BCUT2D eigenvalue weighted by molar-refractivity contribution is -0.123. The van der Waals surface area contributed by atoms with Gasteiger partial charge >= 0.3 is 0 Å². The Labute approximate surface area is 147 Å². The molecule has 1 saturated carbocycles. The molecule has 25 heavy (non-hydrogen) atoms. The van der Waals surface area contributed by atoms with E-state index in [9.17, 15) is 4.79 Å². The van der Waals surface area contributed by atoms with Crippen molar-refractivity contribution in [1.29, 1.82) is 0 Å². The van der Waals surface area contributed by atoms with Crippen LogP contribution < -0.4 is 5.32 Å². The number of carbonyl (C=O) groups excluding carboxylic acids is 1. The first-order valence-corrected chi connectivity index (χ1v) is 9.02. The Morgan fingerprint density at radius 3 is 2.64 bits per heavy atom. The molecule has 1 fully saturated rings. The third-order valence-electron chi connectivity index (χ3n) is 4.85. The number of aryl methyl sites for hydroxylation is 2. The van der Waals surface area contributed by atoms with E-state index in [0.717, 1.165) is 42.7 Å². The minimum atomic E-state index is -0.0868. The van der Waals surface area contributed by atoms with E-state index in [0.29, 0.717) is 0 Å². The zero-order valence-corrected chi connectivity index (χ0v) is 14.5. The number of imidazole rings is 1. The zero-order valence-electron chi connectivity index (χ0n) is 14.5. The number of rotatable bonds is 6. The Kier molecular flexibility index (Phi) is 4.26. The molecule has 1 aromatic heterocycles. The van der Waals surface area contributed by atoms with Crippen LogP contribution >= 0.6 is 0 Å². The first-order valence-electron chi connectivity index (χ1n) is 9.02. The second kappa shape index (κ2) is 6.71. The molecule has 0 aliphatic heterocycles. The van der Waals surface area contributed by atoms with Crippen LogP contribution in [0.2, 0.25) is 0 Å². The van der Waals surface area contributed by atoms with Gasteiger partial charge in [-0.3, -0.25) is 4.79 Å². The quantitative estimate of drug-likeness (QED) is 0.744. The van der Waals surface area contributed by atoms with Crippen LogP contribution in [0.5, 0.6) is 0 Å². The van der Waals surface area contributed by atoms with Crippen molar-refractivity contribution in [2.24, 2.45) is 5.92 Å². The van der Waals surface area contributed by atoms with Crippen LogP contribution in [0.1, 0.15) is 37.2 Å². The Hall–Kier alpha value is -2.62. The number of para-hydroxylation sites is 2. The van der Waals surface area contributed by atoms with E-state index in [-0.39, 0.29) is 17.9 Å². The van der Waals surface area contributed by atoms with Gasteiger partial charge in [-0.05, 0) is 43.9 Å². The molecule has 128 valence electrons. The van der Waals surface area contributed by atoms with E-state index in [1.165, 1.54) is 5.56 Å². The highest BCUT2D eigenvalue weighted by molar-refractivity contribution is 5.81. The molecule has 0 bridgehead atoms. The van der Waals surface area contributed by atoms with Crippen molar-refractivity contribution < 1.29 is 4.79 Å². The number of carbonyl (C=O) groups is 1. The fourth-order valence-corrected chi connectivity index (χ4v) is 3.29. The SMILES string of the molecule is CC(NC(=O)C1CC1)c1nc2ccccc2n1CCc1ccccc1. The number of nitrogens with zero attached hydrogens (tertiary/aromatic N) is 2. The molecule has 3 aromatic rings. The summed E-state index contributed by atoms with van der Waals surface area (Å²) in [5, 5.41) is 3.14. The summed E-state index contributed by atoms with van der Waals surface area (Å²) in [6.45, 7) is 2.88. The molecule has 2 aromatic carbocycles. The van der Waals surface area contributed by atoms with Gasteiger partial charge in [-0.2, -0.15) is 0 Å². The zero-order chi connectivity index (χ0) is 17.2. The smallest absolute Gasteiger partial charge is 0.223 e. The van der Waals surface area contributed by atoms with Gasteiger partial charge in [0.25, 0.3) is 0 Å². The predicted molar refractivity (Wildman–Crippen MR) is 99.2 cm³/mol. The second-order valence-electron chi connectivity index (χ2n) is 6.85. The number of nitrogens with one attached hydrogen (secondary N) is 1. The third kappa shape index (κ3) is 3.43. The van der Waals surface area contributed by atoms with Gasteiger partial charge in [0, 0.05) is 12.5 Å². The van der Waals surface area contributed by atoms with Crippen LogP contribution in [0.25, 0.3) is 11.0 Å². The van der Waals surface area contributed by atoms with E-state index in [1.807, 2.05) is 31.2 Å². The molecule has 4 nitrogen and oxygen atoms in total. The molecule has 1 amide bonds. The number of aromatic nitrogens is 2. The average molecular weight is 333 g/mol. The summed E-state index contributed by atoms with van der Waals surface area (Å²) in [6, 6.07) is 18.6. The highest BCUT2D eigenvalue weighted by Gasteiger charge is 2.31. The standard InChI is InChI=1S/C21H23N3O/c1-15(22-21(25)17-11-12-17)20-23-18-9-5-6-10-19(18)24(20)14-13-16-7-3-2-4-8-16/h2-10,15,17H,11-14H2,1H3,(H,22,25). The van der Waals surface area contributed by atoms with Gasteiger partial charge in [0.1, 0.15) is 5.82 Å². The van der Waals surface area contributed by atoms with E-state index in [2.05, 4.69) is 40.2 Å². The van der Waals surface area contributed by atoms with Crippen molar-refractivity contribution >= 4 is 16.9 Å². The number of amides is 1. The third-order valence-corrected chi connectivity index (χ3v) is 4.85. The van der Waals surface area contributed by atoms with Crippen LogP contribution in [-0.2, 0) is 17.8 Å². The molecule has 1 aliphatic rings. The summed E-state index contributed by atoms with van der Waals surface area (Å²) in [4.78, 5) is 17.0. The summed E-state index contributed by atoms with van der Waals surface area (Å²) in [5.74, 6) is 1.31. The maximum atomic E-state index is 12.1. The lowest BCUT2D eigenvalue weighted by Gasteiger charge is -2.16. The van der Waals surface area contributed by atoms with Gasteiger partial charge in [0.15, 0.2) is 0 Å². The van der Waals surface area contributed by atoms with E-state index in [1.54, 1.807) is 0 Å². The first-order chi connectivity index (χ1) is 12.2. The van der Waals surface area contributed by atoms with Crippen LogP contribution in [0.3, 0.4) is 0 Å². The van der Waals surface area contributed by atoms with Gasteiger partial charge in [-0.1, -0.05) is 42.5 Å². The topological polar surface area (TPSA) is 46.9 Å². The minimum absolute atomic E-state index is 0.0868. The Balaban J connectivity index is 1.61. The Morgan fingerprint density at radius 1 is 1.16 bits per heavy atom. The van der Waals surface area contributed by atoms with Crippen LogP contribution in [0.4, 0.5) is 0 Å². The van der Waals surface area contributed by atoms with Crippen molar-refractivity contribution in [3.8, 4) is 0 Å². The average Bonchev–Trinajstić information content (AvgIpc) is 3.42. The lowest BCUT2D eigenvalue weighted by Crippen LogP contribution is -2.30. The molecular formula is C21H23N3O. The molecule has 4 rings (SSSR count). The monoisotopic (exact) mass is 333 g/mol. The number of fused-ring (bicyclic) bond motifs is 1. The summed E-state index contributed by atoms with van der Waals surface area (Å²) in [6.07, 6.45) is 2.98. The van der Waals surface area contributed by atoms with E-state index >= 15 is 0 Å². The number of hydrogen-bond donors (Lipinski definition) is 1. The maximum Gasteiger partial charge on any atom is 0.223 e. The maximum absolute atomic E-state index is 12.1. The largest absolute Gasteiger partial charge is 0.346 e. The molecule has 1 N–H and O–H groups in total. The van der Waals surface area contributed by atoms with Gasteiger partial charge in [-0.25, -0.2) is 4.98 Å². The summed E-state index contributed by atoms with van der Waals surface area (Å²) in [5.41, 5.74) is 3.42. The number of benzene rings is 2. The highest BCUT2D eigenvalue weighted by Crippen LogP contribution is 2.30. The first kappa shape index (κ1) is 15.9. The summed E-state index contributed by atoms with van der Waals surface area (Å²) in [7, 11) is 0. The molecular weight excluding hydrogens is 310 g/mol. The fraction of sp³-hybridized carbons (Fsp3) is 0.333. The molecule has 1 aliphatic carbocycles. The van der Waals surface area contributed by atoms with E-state index in [4.69, 9.17) is 4.98 Å². The van der Waals surface area contributed by atoms with Crippen molar-refractivity contribution in [3.05, 3.63) is 66.0 Å². The Morgan fingerprint density at radius 2 is 1.88 bits per heavy atom. The molecule has 4 heteroatoms. The Bertz CT molecular complexity index is 881. The van der Waals surface area contributed by atoms with Crippen molar-refractivity contribution in [2.75, 3.05) is 0 Å². The molecule has 1 unspecified atom stereocenters. The van der Waals surface area contributed by atoms with E-state index < -0.39 is 0 Å². The van der Waals surface area contributed by atoms with Gasteiger partial charge in [0.05, 0.1) is 17.1 Å². The highest BCUT2D eigenvalue weighted by atomic mass is 16.2. The van der Waals surface area contributed by atoms with Gasteiger partial charge < -0.3 is 9.88 Å². The van der Waals surface area contributed by atoms with Gasteiger partial charge in [0.2, 0.25) is 5.91 Å². The molecule has 0 radical (unpaired) electrons. The van der Waals surface area contributed by atoms with Crippen molar-refractivity contribution in [1.82, 2.24) is 14.9 Å².